The highest BCUT2D eigenvalue weighted by Gasteiger charge is 2.27. The van der Waals surface area contributed by atoms with E-state index in [4.69, 9.17) is 0 Å². The van der Waals surface area contributed by atoms with Crippen molar-refractivity contribution in [3.05, 3.63) is 48.6 Å². The zero-order valence-corrected chi connectivity index (χ0v) is 12.7. The first kappa shape index (κ1) is 15.7. The van der Waals surface area contributed by atoms with Crippen LogP contribution in [-0.4, -0.2) is 31.7 Å². The smallest absolute Gasteiger partial charge is 0.274 e. The van der Waals surface area contributed by atoms with Gasteiger partial charge in [0.15, 0.2) is 0 Å². The van der Waals surface area contributed by atoms with E-state index in [0.717, 1.165) is 18.4 Å². The van der Waals surface area contributed by atoms with Crippen LogP contribution in [0.3, 0.4) is 0 Å². The van der Waals surface area contributed by atoms with E-state index in [1.807, 2.05) is 30.3 Å². The summed E-state index contributed by atoms with van der Waals surface area (Å²) in [6, 6.07) is 9.44. The van der Waals surface area contributed by atoms with Crippen molar-refractivity contribution in [1.29, 1.82) is 0 Å². The van der Waals surface area contributed by atoms with Gasteiger partial charge >= 0.3 is 10.2 Å². The van der Waals surface area contributed by atoms with E-state index >= 15 is 0 Å². The molecule has 21 heavy (non-hydrogen) atoms. The number of nitrogens with zero attached hydrogens (tertiary/aromatic N) is 1. The molecule has 0 bridgehead atoms. The predicted molar refractivity (Wildman–Crippen MR) is 81.9 cm³/mol. The van der Waals surface area contributed by atoms with Crippen LogP contribution in [0, 0.1) is 0 Å². The maximum Gasteiger partial charge on any atom is 0.303 e. The van der Waals surface area contributed by atoms with E-state index < -0.39 is 16.1 Å². The van der Waals surface area contributed by atoms with Gasteiger partial charge in [0.25, 0.3) is 0 Å². The normalized spacial score (nSPS) is 17.3. The number of allylic oxidation sites excluding steroid dienone is 1. The van der Waals surface area contributed by atoms with Gasteiger partial charge in [0, 0.05) is 25.4 Å². The van der Waals surface area contributed by atoms with Crippen LogP contribution in [-0.2, 0) is 15.0 Å². The summed E-state index contributed by atoms with van der Waals surface area (Å²) in [5.74, 6) is -0.698. The predicted octanol–water partition coefficient (Wildman–Crippen LogP) is 1.80. The lowest BCUT2D eigenvalue weighted by Gasteiger charge is -2.17. The molecule has 114 valence electrons. The first-order valence-corrected chi connectivity index (χ1v) is 8.45. The quantitative estimate of drug-likeness (QED) is 0.815. The molecule has 1 N–H and O–H groups in total. The molecule has 6 heteroatoms. The van der Waals surface area contributed by atoms with Gasteiger partial charge in [0.1, 0.15) is 0 Å². The molecule has 1 aromatic carbocycles. The van der Waals surface area contributed by atoms with Crippen LogP contribution in [0.15, 0.2) is 43.0 Å². The van der Waals surface area contributed by atoms with E-state index in [9.17, 15) is 13.2 Å². The first-order valence-electron chi connectivity index (χ1n) is 7.01. The number of hydrogen-bond acceptors (Lipinski definition) is 3. The maximum atomic E-state index is 12.0. The lowest BCUT2D eigenvalue weighted by atomic mass is 9.96. The Morgan fingerprint density at radius 3 is 2.48 bits per heavy atom. The molecule has 1 amide bonds. The molecule has 1 atom stereocenters. The van der Waals surface area contributed by atoms with Gasteiger partial charge in [-0.25, -0.2) is 4.72 Å². The Morgan fingerprint density at radius 2 is 1.90 bits per heavy atom. The molecule has 0 unspecified atom stereocenters. The van der Waals surface area contributed by atoms with Gasteiger partial charge in [-0.05, 0) is 18.4 Å². The second-order valence-electron chi connectivity index (χ2n) is 5.09. The van der Waals surface area contributed by atoms with Crippen molar-refractivity contribution in [2.45, 2.75) is 25.2 Å². The summed E-state index contributed by atoms with van der Waals surface area (Å²) in [4.78, 5) is 12.0. The third-order valence-electron chi connectivity index (χ3n) is 3.57. The van der Waals surface area contributed by atoms with Crippen molar-refractivity contribution < 1.29 is 13.2 Å². The molecule has 1 heterocycles. The van der Waals surface area contributed by atoms with E-state index in [1.165, 1.54) is 4.31 Å². The molecule has 5 nitrogen and oxygen atoms in total. The van der Waals surface area contributed by atoms with Gasteiger partial charge in [-0.15, -0.1) is 6.58 Å². The van der Waals surface area contributed by atoms with Crippen molar-refractivity contribution in [2.75, 3.05) is 13.1 Å². The number of benzene rings is 1. The zero-order valence-electron chi connectivity index (χ0n) is 11.9. The molecular formula is C15H20N2O3S. The molecule has 2 rings (SSSR count). The maximum absolute atomic E-state index is 12.0. The third kappa shape index (κ3) is 4.15. The van der Waals surface area contributed by atoms with Crippen LogP contribution in [0.5, 0.6) is 0 Å². The highest BCUT2D eigenvalue weighted by atomic mass is 32.2. The molecule has 0 radical (unpaired) electrons. The zero-order chi connectivity index (χ0) is 15.3. The summed E-state index contributed by atoms with van der Waals surface area (Å²) >= 11 is 0. The number of hydrogen-bond donors (Lipinski definition) is 1. The lowest BCUT2D eigenvalue weighted by Crippen LogP contribution is -2.42. The van der Waals surface area contributed by atoms with Crippen LogP contribution in [0.2, 0.25) is 0 Å². The average molecular weight is 308 g/mol. The van der Waals surface area contributed by atoms with Crippen molar-refractivity contribution in [3.63, 3.8) is 0 Å². The Hall–Kier alpha value is -1.66. The van der Waals surface area contributed by atoms with Crippen LogP contribution in [0.4, 0.5) is 0 Å². The fraction of sp³-hybridized carbons (Fsp3) is 0.400. The second kappa shape index (κ2) is 6.87. The SMILES string of the molecule is C=C[C@@H](CC(=O)NS(=O)(=O)N1CCCC1)c1ccccc1. The molecule has 0 spiro atoms. The van der Waals surface area contributed by atoms with Gasteiger partial charge < -0.3 is 0 Å². The number of rotatable bonds is 6. The lowest BCUT2D eigenvalue weighted by molar-refractivity contribution is -0.119. The molecule has 1 aliphatic heterocycles. The summed E-state index contributed by atoms with van der Waals surface area (Å²) in [6.07, 6.45) is 3.42. The molecular weight excluding hydrogens is 288 g/mol. The molecule has 1 saturated heterocycles. The van der Waals surface area contributed by atoms with E-state index in [2.05, 4.69) is 11.3 Å². The number of carbonyl (C=O) groups is 1. The Labute approximate surface area is 125 Å². The summed E-state index contributed by atoms with van der Waals surface area (Å²) < 4.78 is 27.5. The van der Waals surface area contributed by atoms with Gasteiger partial charge in [0.2, 0.25) is 5.91 Å². The summed E-state index contributed by atoms with van der Waals surface area (Å²) in [5.41, 5.74) is 0.946. The molecule has 1 aromatic rings. The van der Waals surface area contributed by atoms with E-state index in [1.54, 1.807) is 6.08 Å². The number of nitrogens with one attached hydrogen (secondary N) is 1. The Morgan fingerprint density at radius 1 is 1.29 bits per heavy atom. The summed E-state index contributed by atoms with van der Waals surface area (Å²) in [5, 5.41) is 0. The summed E-state index contributed by atoms with van der Waals surface area (Å²) in [7, 11) is -3.70. The van der Waals surface area contributed by atoms with Crippen LogP contribution < -0.4 is 4.72 Å². The molecule has 0 aliphatic carbocycles. The van der Waals surface area contributed by atoms with Gasteiger partial charge in [-0.2, -0.15) is 12.7 Å². The third-order valence-corrected chi connectivity index (χ3v) is 5.10. The van der Waals surface area contributed by atoms with E-state index in [-0.39, 0.29) is 12.3 Å². The molecule has 1 fully saturated rings. The fourth-order valence-corrected chi connectivity index (χ4v) is 3.65. The van der Waals surface area contributed by atoms with E-state index in [0.29, 0.717) is 13.1 Å². The van der Waals surface area contributed by atoms with Gasteiger partial charge in [-0.3, -0.25) is 4.79 Å². The minimum absolute atomic E-state index is 0.0700. The average Bonchev–Trinajstić information content (AvgIpc) is 3.00. The molecule has 0 saturated carbocycles. The minimum Gasteiger partial charge on any atom is -0.274 e. The van der Waals surface area contributed by atoms with Gasteiger partial charge in [0.05, 0.1) is 0 Å². The standard InChI is InChI=1S/C15H20N2O3S/c1-2-13(14-8-4-3-5-9-14)12-15(18)16-21(19,20)17-10-6-7-11-17/h2-5,8-9,13H,1,6-7,10-12H2,(H,16,18)/t13-/m0/s1. The van der Waals surface area contributed by atoms with Gasteiger partial charge in [-0.1, -0.05) is 36.4 Å². The second-order valence-corrected chi connectivity index (χ2v) is 6.76. The van der Waals surface area contributed by atoms with Crippen molar-refractivity contribution in [2.24, 2.45) is 0 Å². The molecule has 0 aromatic heterocycles. The minimum atomic E-state index is -3.70. The Bertz CT molecular complexity index is 593. The van der Waals surface area contributed by atoms with Crippen LogP contribution in [0.25, 0.3) is 0 Å². The van der Waals surface area contributed by atoms with Crippen LogP contribution >= 0.6 is 0 Å². The largest absolute Gasteiger partial charge is 0.303 e. The highest BCUT2D eigenvalue weighted by molar-refractivity contribution is 7.87. The van der Waals surface area contributed by atoms with Crippen molar-refractivity contribution in [1.82, 2.24) is 9.03 Å². The topological polar surface area (TPSA) is 66.5 Å². The van der Waals surface area contributed by atoms with Crippen molar-refractivity contribution >= 4 is 16.1 Å². The Balaban J connectivity index is 1.99. The monoisotopic (exact) mass is 308 g/mol. The fourth-order valence-electron chi connectivity index (χ4n) is 2.42. The number of amides is 1. The molecule has 1 aliphatic rings. The van der Waals surface area contributed by atoms with Crippen molar-refractivity contribution in [3.8, 4) is 0 Å². The highest BCUT2D eigenvalue weighted by Crippen LogP contribution is 2.20. The Kier molecular flexibility index (Phi) is 5.14. The number of carbonyl (C=O) groups excluding carboxylic acids is 1. The summed E-state index contributed by atoms with van der Waals surface area (Å²) in [6.45, 7) is 4.68. The van der Waals surface area contributed by atoms with Crippen LogP contribution in [0.1, 0.15) is 30.7 Å². The first-order chi connectivity index (χ1) is 10.0.